The van der Waals surface area contributed by atoms with Gasteiger partial charge in [0.15, 0.2) is 0 Å². The van der Waals surface area contributed by atoms with Crippen molar-refractivity contribution in [3.05, 3.63) is 29.8 Å². The topological polar surface area (TPSA) is 105 Å². The number of nitrogens with one attached hydrogen (secondary N) is 2. The maximum Gasteiger partial charge on any atom is 0.337 e. The molecule has 0 unspecified atom stereocenters. The molecule has 2 rings (SSSR count). The van der Waals surface area contributed by atoms with E-state index >= 15 is 0 Å². The Morgan fingerprint density at radius 3 is 2.36 bits per heavy atom. The predicted molar refractivity (Wildman–Crippen MR) is 92.0 cm³/mol. The molecule has 1 aromatic carbocycles. The van der Waals surface area contributed by atoms with Crippen molar-refractivity contribution in [2.75, 3.05) is 19.0 Å². The fourth-order valence-corrected chi connectivity index (χ4v) is 2.96. The van der Waals surface area contributed by atoms with Gasteiger partial charge in [0.25, 0.3) is 0 Å². The lowest BCUT2D eigenvalue weighted by Crippen LogP contribution is -2.42. The van der Waals surface area contributed by atoms with Crippen molar-refractivity contribution < 1.29 is 24.2 Å². The minimum absolute atomic E-state index is 0.0677. The molecule has 0 heterocycles. The summed E-state index contributed by atoms with van der Waals surface area (Å²) in [6.45, 7) is 0.0677. The van der Waals surface area contributed by atoms with Crippen LogP contribution in [-0.4, -0.2) is 42.6 Å². The Morgan fingerprint density at radius 1 is 1.12 bits per heavy atom. The quantitative estimate of drug-likeness (QED) is 0.552. The fraction of sp³-hybridized carbons (Fsp3) is 0.500. The predicted octanol–water partition coefficient (Wildman–Crippen LogP) is 1.47. The normalized spacial score (nSPS) is 15.9. The Morgan fingerprint density at radius 2 is 1.76 bits per heavy atom. The SMILES string of the molecule is COC(=O)c1ccc(NC(=O)C(=O)NC[C@@H](O)C2CCCCC2)cc1. The molecule has 0 aliphatic heterocycles. The highest BCUT2D eigenvalue weighted by Crippen LogP contribution is 2.26. The Hall–Kier alpha value is -2.41. The van der Waals surface area contributed by atoms with Crippen LogP contribution in [0.25, 0.3) is 0 Å². The Balaban J connectivity index is 1.79. The maximum absolute atomic E-state index is 11.9. The van der Waals surface area contributed by atoms with Crippen LogP contribution in [0.5, 0.6) is 0 Å². The van der Waals surface area contributed by atoms with E-state index in [4.69, 9.17) is 0 Å². The molecule has 136 valence electrons. The van der Waals surface area contributed by atoms with Gasteiger partial charge in [-0.1, -0.05) is 19.3 Å². The molecule has 1 atom stereocenters. The summed E-state index contributed by atoms with van der Waals surface area (Å²) < 4.78 is 4.59. The number of benzene rings is 1. The number of esters is 1. The number of ether oxygens (including phenoxy) is 1. The monoisotopic (exact) mass is 348 g/mol. The third-order valence-corrected chi connectivity index (χ3v) is 4.44. The summed E-state index contributed by atoms with van der Waals surface area (Å²) in [4.78, 5) is 35.1. The molecule has 2 amide bonds. The second-order valence-corrected chi connectivity index (χ2v) is 6.20. The number of methoxy groups -OCH3 is 1. The Kier molecular flexibility index (Phi) is 6.94. The zero-order valence-corrected chi connectivity index (χ0v) is 14.3. The van der Waals surface area contributed by atoms with Gasteiger partial charge in [0.05, 0.1) is 18.8 Å². The van der Waals surface area contributed by atoms with Crippen molar-refractivity contribution in [2.45, 2.75) is 38.2 Å². The zero-order valence-electron chi connectivity index (χ0n) is 14.3. The van der Waals surface area contributed by atoms with Crippen molar-refractivity contribution in [3.8, 4) is 0 Å². The highest BCUT2D eigenvalue weighted by molar-refractivity contribution is 6.39. The first kappa shape index (κ1) is 18.9. The van der Waals surface area contributed by atoms with Crippen LogP contribution >= 0.6 is 0 Å². The van der Waals surface area contributed by atoms with Crippen LogP contribution in [0, 0.1) is 5.92 Å². The lowest BCUT2D eigenvalue weighted by Gasteiger charge is -2.26. The van der Waals surface area contributed by atoms with Gasteiger partial charge in [-0.25, -0.2) is 4.79 Å². The lowest BCUT2D eigenvalue weighted by atomic mass is 9.85. The van der Waals surface area contributed by atoms with Crippen molar-refractivity contribution in [3.63, 3.8) is 0 Å². The first-order valence-corrected chi connectivity index (χ1v) is 8.47. The van der Waals surface area contributed by atoms with Gasteiger partial charge in [0.1, 0.15) is 0 Å². The van der Waals surface area contributed by atoms with E-state index in [1.165, 1.54) is 37.8 Å². The summed E-state index contributed by atoms with van der Waals surface area (Å²) in [7, 11) is 1.28. The molecule has 1 aliphatic carbocycles. The molecular formula is C18H24N2O5. The third kappa shape index (κ3) is 5.56. The number of amides is 2. The van der Waals surface area contributed by atoms with E-state index in [1.807, 2.05) is 0 Å². The second-order valence-electron chi connectivity index (χ2n) is 6.20. The van der Waals surface area contributed by atoms with E-state index in [-0.39, 0.29) is 12.5 Å². The Bertz CT molecular complexity index is 608. The summed E-state index contributed by atoms with van der Waals surface area (Å²) >= 11 is 0. The Labute approximate surface area is 146 Å². The van der Waals surface area contributed by atoms with Gasteiger partial charge >= 0.3 is 17.8 Å². The number of rotatable bonds is 5. The zero-order chi connectivity index (χ0) is 18.2. The van der Waals surface area contributed by atoms with Crippen molar-refractivity contribution in [1.29, 1.82) is 0 Å². The van der Waals surface area contributed by atoms with Gasteiger partial charge in [-0.3, -0.25) is 9.59 Å². The number of hydrogen-bond donors (Lipinski definition) is 3. The number of aliphatic hydroxyl groups is 1. The second kappa shape index (κ2) is 9.17. The molecule has 0 radical (unpaired) electrons. The molecule has 0 aromatic heterocycles. The molecule has 0 bridgehead atoms. The van der Waals surface area contributed by atoms with Crippen molar-refractivity contribution >= 4 is 23.5 Å². The van der Waals surface area contributed by atoms with Crippen molar-refractivity contribution in [2.24, 2.45) is 5.92 Å². The molecule has 1 fully saturated rings. The minimum Gasteiger partial charge on any atom is -0.465 e. The summed E-state index contributed by atoms with van der Waals surface area (Å²) in [6, 6.07) is 6.00. The number of aliphatic hydroxyl groups excluding tert-OH is 1. The minimum atomic E-state index is -0.818. The van der Waals surface area contributed by atoms with Crippen LogP contribution in [0.1, 0.15) is 42.5 Å². The summed E-state index contributed by atoms with van der Waals surface area (Å²) in [5, 5.41) is 15.0. The van der Waals surface area contributed by atoms with Crippen LogP contribution in [-0.2, 0) is 14.3 Å². The molecule has 25 heavy (non-hydrogen) atoms. The average molecular weight is 348 g/mol. The van der Waals surface area contributed by atoms with E-state index in [9.17, 15) is 19.5 Å². The smallest absolute Gasteiger partial charge is 0.337 e. The van der Waals surface area contributed by atoms with Crippen LogP contribution in [0.3, 0.4) is 0 Å². The van der Waals surface area contributed by atoms with Gasteiger partial charge < -0.3 is 20.5 Å². The van der Waals surface area contributed by atoms with E-state index in [0.717, 1.165) is 25.7 Å². The first-order valence-electron chi connectivity index (χ1n) is 8.47. The average Bonchev–Trinajstić information content (AvgIpc) is 2.66. The van der Waals surface area contributed by atoms with Crippen LogP contribution in [0.4, 0.5) is 5.69 Å². The highest BCUT2D eigenvalue weighted by atomic mass is 16.5. The third-order valence-electron chi connectivity index (χ3n) is 4.44. The molecule has 1 aromatic rings. The molecular weight excluding hydrogens is 324 g/mol. The van der Waals surface area contributed by atoms with Gasteiger partial charge in [-0.15, -0.1) is 0 Å². The van der Waals surface area contributed by atoms with E-state index < -0.39 is 23.9 Å². The van der Waals surface area contributed by atoms with E-state index in [2.05, 4.69) is 15.4 Å². The molecule has 0 spiro atoms. The van der Waals surface area contributed by atoms with Gasteiger partial charge in [0.2, 0.25) is 0 Å². The summed E-state index contributed by atoms with van der Waals surface area (Å²) in [5.41, 5.74) is 0.737. The highest BCUT2D eigenvalue weighted by Gasteiger charge is 2.23. The molecule has 1 saturated carbocycles. The van der Waals surface area contributed by atoms with E-state index in [0.29, 0.717) is 11.3 Å². The first-order chi connectivity index (χ1) is 12.0. The van der Waals surface area contributed by atoms with E-state index in [1.54, 1.807) is 0 Å². The van der Waals surface area contributed by atoms with Gasteiger partial charge in [-0.05, 0) is 43.0 Å². The standard InChI is InChI=1S/C18H24N2O5/c1-25-18(24)13-7-9-14(10-8-13)20-17(23)16(22)19-11-15(21)12-5-3-2-4-6-12/h7-10,12,15,21H,2-6,11H2,1H3,(H,19,22)(H,20,23)/t15-/m1/s1. The molecule has 0 saturated heterocycles. The number of hydrogen-bond acceptors (Lipinski definition) is 5. The summed E-state index contributed by atoms with van der Waals surface area (Å²) in [6.07, 6.45) is 4.66. The largest absolute Gasteiger partial charge is 0.465 e. The van der Waals surface area contributed by atoms with Gasteiger partial charge in [0, 0.05) is 12.2 Å². The summed E-state index contributed by atoms with van der Waals surface area (Å²) in [5.74, 6) is -1.91. The van der Waals surface area contributed by atoms with Gasteiger partial charge in [-0.2, -0.15) is 0 Å². The molecule has 7 nitrogen and oxygen atoms in total. The number of carbonyl (C=O) groups is 3. The fourth-order valence-electron chi connectivity index (χ4n) is 2.96. The van der Waals surface area contributed by atoms with Crippen LogP contribution < -0.4 is 10.6 Å². The molecule has 7 heteroatoms. The number of anilines is 1. The maximum atomic E-state index is 11.9. The number of carbonyl (C=O) groups excluding carboxylic acids is 3. The van der Waals surface area contributed by atoms with Crippen LogP contribution in [0.2, 0.25) is 0 Å². The molecule has 1 aliphatic rings. The van der Waals surface area contributed by atoms with Crippen LogP contribution in [0.15, 0.2) is 24.3 Å². The van der Waals surface area contributed by atoms with Crippen molar-refractivity contribution in [1.82, 2.24) is 5.32 Å². The lowest BCUT2D eigenvalue weighted by molar-refractivity contribution is -0.136. The molecule has 3 N–H and O–H groups in total.